The first-order valence-corrected chi connectivity index (χ1v) is 5.68. The molecule has 2 heterocycles. The summed E-state index contributed by atoms with van der Waals surface area (Å²) in [7, 11) is 0. The maximum atomic E-state index is 13.6. The molecule has 0 radical (unpaired) electrons. The van der Waals surface area contributed by atoms with Crippen molar-refractivity contribution in [2.75, 3.05) is 13.2 Å². The Bertz CT molecular complexity index is 611. The molecule has 1 aliphatic rings. The zero-order chi connectivity index (χ0) is 12.5. The van der Waals surface area contributed by atoms with E-state index in [4.69, 9.17) is 4.74 Å². The maximum absolute atomic E-state index is 13.6. The van der Waals surface area contributed by atoms with Crippen LogP contribution in [0.5, 0.6) is 0 Å². The maximum Gasteiger partial charge on any atom is 0.270 e. The van der Waals surface area contributed by atoms with Crippen molar-refractivity contribution >= 4 is 16.8 Å². The van der Waals surface area contributed by atoms with E-state index in [1.165, 1.54) is 6.07 Å². The highest BCUT2D eigenvalue weighted by atomic mass is 19.1. The zero-order valence-electron chi connectivity index (χ0n) is 9.52. The summed E-state index contributed by atoms with van der Waals surface area (Å²) in [4.78, 5) is 15.9. The summed E-state index contributed by atoms with van der Waals surface area (Å²) in [6.45, 7) is 1.04. The molecule has 1 aliphatic heterocycles. The molecule has 18 heavy (non-hydrogen) atoms. The number of hydrogen-bond donors (Lipinski definition) is 1. The largest absolute Gasteiger partial charge is 0.377 e. The van der Waals surface area contributed by atoms with Gasteiger partial charge in [0, 0.05) is 5.39 Å². The van der Waals surface area contributed by atoms with Gasteiger partial charge in [0.1, 0.15) is 17.0 Å². The standard InChI is InChI=1S/C13H11FN2O2/c14-10-3-1-2-8-4-5-11(16-12(8)10)13(17)15-9-6-18-7-9/h1-5,9H,6-7H2,(H,15,17). The topological polar surface area (TPSA) is 51.2 Å². The van der Waals surface area contributed by atoms with E-state index in [1.54, 1.807) is 24.3 Å². The second kappa shape index (κ2) is 4.34. The first kappa shape index (κ1) is 11.1. The molecule has 0 unspecified atom stereocenters. The van der Waals surface area contributed by atoms with Crippen molar-refractivity contribution in [1.82, 2.24) is 10.3 Å². The smallest absolute Gasteiger partial charge is 0.270 e. The number of nitrogens with zero attached hydrogens (tertiary/aromatic N) is 1. The minimum Gasteiger partial charge on any atom is -0.377 e. The second-order valence-electron chi connectivity index (χ2n) is 4.22. The van der Waals surface area contributed by atoms with Crippen molar-refractivity contribution in [3.63, 3.8) is 0 Å². The quantitative estimate of drug-likeness (QED) is 0.873. The Morgan fingerprint density at radius 3 is 2.89 bits per heavy atom. The molecule has 1 fully saturated rings. The van der Waals surface area contributed by atoms with E-state index >= 15 is 0 Å². The minimum absolute atomic E-state index is 0.0376. The molecule has 5 heteroatoms. The van der Waals surface area contributed by atoms with Crippen LogP contribution in [-0.2, 0) is 4.74 Å². The number of halogens is 1. The van der Waals surface area contributed by atoms with Crippen LogP contribution in [0.3, 0.4) is 0 Å². The average Bonchev–Trinajstić information content (AvgIpc) is 2.34. The fourth-order valence-electron chi connectivity index (χ4n) is 1.82. The van der Waals surface area contributed by atoms with Crippen LogP contribution in [0.1, 0.15) is 10.5 Å². The third kappa shape index (κ3) is 1.93. The number of benzene rings is 1. The monoisotopic (exact) mass is 246 g/mol. The summed E-state index contributed by atoms with van der Waals surface area (Å²) < 4.78 is 18.5. The number of nitrogens with one attached hydrogen (secondary N) is 1. The van der Waals surface area contributed by atoms with Crippen LogP contribution in [0, 0.1) is 5.82 Å². The van der Waals surface area contributed by atoms with Crippen LogP contribution in [0.15, 0.2) is 30.3 Å². The van der Waals surface area contributed by atoms with Gasteiger partial charge in [0.25, 0.3) is 5.91 Å². The van der Waals surface area contributed by atoms with Crippen molar-refractivity contribution in [3.05, 3.63) is 41.8 Å². The highest BCUT2D eigenvalue weighted by Crippen LogP contribution is 2.16. The van der Waals surface area contributed by atoms with E-state index in [1.807, 2.05) is 0 Å². The van der Waals surface area contributed by atoms with E-state index in [9.17, 15) is 9.18 Å². The van der Waals surface area contributed by atoms with Gasteiger partial charge in [-0.25, -0.2) is 9.37 Å². The van der Waals surface area contributed by atoms with Crippen molar-refractivity contribution < 1.29 is 13.9 Å². The molecule has 1 N–H and O–H groups in total. The third-order valence-electron chi connectivity index (χ3n) is 2.88. The van der Waals surface area contributed by atoms with Crippen LogP contribution in [-0.4, -0.2) is 30.1 Å². The number of ether oxygens (including phenoxy) is 1. The number of carbonyl (C=O) groups excluding carboxylic acids is 1. The van der Waals surface area contributed by atoms with Crippen molar-refractivity contribution in [2.24, 2.45) is 0 Å². The van der Waals surface area contributed by atoms with Crippen molar-refractivity contribution in [1.29, 1.82) is 0 Å². The van der Waals surface area contributed by atoms with Gasteiger partial charge >= 0.3 is 0 Å². The summed E-state index contributed by atoms with van der Waals surface area (Å²) in [6.07, 6.45) is 0. The predicted molar refractivity (Wildman–Crippen MR) is 63.8 cm³/mol. The highest BCUT2D eigenvalue weighted by molar-refractivity contribution is 5.95. The first-order valence-electron chi connectivity index (χ1n) is 5.68. The van der Waals surface area contributed by atoms with Gasteiger partial charge < -0.3 is 10.1 Å². The molecule has 92 valence electrons. The van der Waals surface area contributed by atoms with Gasteiger partial charge in [-0.1, -0.05) is 18.2 Å². The zero-order valence-corrected chi connectivity index (χ0v) is 9.52. The van der Waals surface area contributed by atoms with Gasteiger partial charge in [-0.05, 0) is 12.1 Å². The molecule has 3 rings (SSSR count). The van der Waals surface area contributed by atoms with Crippen molar-refractivity contribution in [3.8, 4) is 0 Å². The Morgan fingerprint density at radius 2 is 2.17 bits per heavy atom. The Kier molecular flexibility index (Phi) is 2.68. The van der Waals surface area contributed by atoms with E-state index < -0.39 is 5.82 Å². The SMILES string of the molecule is O=C(NC1COC1)c1ccc2cccc(F)c2n1. The normalized spacial score (nSPS) is 15.4. The van der Waals surface area contributed by atoms with Gasteiger partial charge in [-0.2, -0.15) is 0 Å². The number of amides is 1. The van der Waals surface area contributed by atoms with Gasteiger partial charge in [0.05, 0.1) is 19.3 Å². The lowest BCUT2D eigenvalue weighted by Crippen LogP contribution is -2.48. The van der Waals surface area contributed by atoms with E-state index in [2.05, 4.69) is 10.3 Å². The van der Waals surface area contributed by atoms with Gasteiger partial charge in [0.15, 0.2) is 0 Å². The molecule has 0 atom stereocenters. The van der Waals surface area contributed by atoms with Crippen LogP contribution in [0.2, 0.25) is 0 Å². The lowest BCUT2D eigenvalue weighted by atomic mass is 10.2. The molecule has 0 aliphatic carbocycles. The molecular weight excluding hydrogens is 235 g/mol. The van der Waals surface area contributed by atoms with E-state index in [0.717, 1.165) is 0 Å². The predicted octanol–water partition coefficient (Wildman–Crippen LogP) is 1.50. The molecule has 2 aromatic rings. The number of hydrogen-bond acceptors (Lipinski definition) is 3. The third-order valence-corrected chi connectivity index (χ3v) is 2.88. The number of fused-ring (bicyclic) bond motifs is 1. The molecule has 0 bridgehead atoms. The lowest BCUT2D eigenvalue weighted by Gasteiger charge is -2.26. The Morgan fingerprint density at radius 1 is 1.33 bits per heavy atom. The number of para-hydroxylation sites is 1. The lowest BCUT2D eigenvalue weighted by molar-refractivity contribution is -0.00354. The molecule has 1 aromatic heterocycles. The van der Waals surface area contributed by atoms with Crippen LogP contribution >= 0.6 is 0 Å². The van der Waals surface area contributed by atoms with Gasteiger partial charge in [0.2, 0.25) is 0 Å². The molecule has 1 saturated heterocycles. The summed E-state index contributed by atoms with van der Waals surface area (Å²) in [5.41, 5.74) is 0.439. The average molecular weight is 246 g/mol. The molecule has 4 nitrogen and oxygen atoms in total. The van der Waals surface area contributed by atoms with E-state index in [0.29, 0.717) is 18.6 Å². The number of rotatable bonds is 2. The fraction of sp³-hybridized carbons (Fsp3) is 0.231. The van der Waals surface area contributed by atoms with Crippen LogP contribution in [0.4, 0.5) is 4.39 Å². The highest BCUT2D eigenvalue weighted by Gasteiger charge is 2.21. The fourth-order valence-corrected chi connectivity index (χ4v) is 1.82. The minimum atomic E-state index is -0.422. The Balaban J connectivity index is 1.92. The first-order chi connectivity index (χ1) is 8.74. The molecular formula is C13H11FN2O2. The van der Waals surface area contributed by atoms with Gasteiger partial charge in [-0.3, -0.25) is 4.79 Å². The number of aromatic nitrogens is 1. The van der Waals surface area contributed by atoms with Crippen molar-refractivity contribution in [2.45, 2.75) is 6.04 Å². The van der Waals surface area contributed by atoms with Gasteiger partial charge in [-0.15, -0.1) is 0 Å². The summed E-state index contributed by atoms with van der Waals surface area (Å²) in [6, 6.07) is 8.03. The van der Waals surface area contributed by atoms with Crippen LogP contribution < -0.4 is 5.32 Å². The van der Waals surface area contributed by atoms with Crippen LogP contribution in [0.25, 0.3) is 10.9 Å². The Hall–Kier alpha value is -2.01. The number of carbonyl (C=O) groups is 1. The molecule has 0 saturated carbocycles. The molecule has 1 aromatic carbocycles. The number of pyridine rings is 1. The molecule has 1 amide bonds. The summed E-state index contributed by atoms with van der Waals surface area (Å²) in [5, 5.41) is 3.45. The summed E-state index contributed by atoms with van der Waals surface area (Å²) in [5.74, 6) is -0.720. The van der Waals surface area contributed by atoms with E-state index in [-0.39, 0.29) is 23.2 Å². The second-order valence-corrected chi connectivity index (χ2v) is 4.22. The summed E-state index contributed by atoms with van der Waals surface area (Å²) >= 11 is 0. The Labute approximate surface area is 103 Å². The molecule has 0 spiro atoms.